The van der Waals surface area contributed by atoms with Crippen LogP contribution in [0.1, 0.15) is 22.3 Å². The average Bonchev–Trinajstić information content (AvgIpc) is 2.94. The Morgan fingerprint density at radius 3 is 2.61 bits per heavy atom. The predicted molar refractivity (Wildman–Crippen MR) is 102 cm³/mol. The Hall–Kier alpha value is -2.94. The van der Waals surface area contributed by atoms with Crippen LogP contribution in [0.15, 0.2) is 47.4 Å². The maximum Gasteiger partial charge on any atom is 0.261 e. The minimum absolute atomic E-state index is 0.0443. The van der Waals surface area contributed by atoms with E-state index in [-0.39, 0.29) is 34.5 Å². The van der Waals surface area contributed by atoms with E-state index in [2.05, 4.69) is 10.0 Å². The van der Waals surface area contributed by atoms with Crippen LogP contribution >= 0.6 is 0 Å². The molecule has 9 heteroatoms. The number of amides is 2. The maximum absolute atomic E-state index is 13.7. The van der Waals surface area contributed by atoms with Gasteiger partial charge in [-0.1, -0.05) is 12.1 Å². The highest BCUT2D eigenvalue weighted by Crippen LogP contribution is 2.20. The number of likely N-dealkylation sites (tertiary alicyclic amines) is 1. The van der Waals surface area contributed by atoms with E-state index in [0.717, 1.165) is 6.07 Å². The number of likely N-dealkylation sites (N-methyl/N-ethyl adjacent to an activating group) is 1. The minimum atomic E-state index is -4.01. The summed E-state index contributed by atoms with van der Waals surface area (Å²) < 4.78 is 41.0. The topological polar surface area (TPSA) is 95.6 Å². The molecule has 0 radical (unpaired) electrons. The molecule has 0 aliphatic carbocycles. The molecule has 2 amide bonds. The summed E-state index contributed by atoms with van der Waals surface area (Å²) in [6.07, 6.45) is 0.230. The van der Waals surface area contributed by atoms with Gasteiger partial charge >= 0.3 is 0 Å². The number of benzene rings is 2. The molecule has 0 aromatic heterocycles. The molecule has 1 atom stereocenters. The lowest BCUT2D eigenvalue weighted by atomic mass is 10.1. The van der Waals surface area contributed by atoms with Gasteiger partial charge < -0.3 is 10.2 Å². The quantitative estimate of drug-likeness (QED) is 0.794. The first-order chi connectivity index (χ1) is 13.2. The Kier molecular flexibility index (Phi) is 5.37. The van der Waals surface area contributed by atoms with E-state index in [9.17, 15) is 22.4 Å². The standard InChI is InChI=1S/C19H20FN3O4S/c1-12-6-7-16(10-17(12)20)28(26,27)22-14-5-3-4-13(8-14)19(25)21-15-9-18(24)23(2)11-15/h3-8,10,15,22H,9,11H2,1-2H3,(H,21,25). The third kappa shape index (κ3) is 4.30. The van der Waals surface area contributed by atoms with Crippen molar-refractivity contribution >= 4 is 27.5 Å². The molecule has 7 nitrogen and oxygen atoms in total. The van der Waals surface area contributed by atoms with Crippen LogP contribution in [-0.4, -0.2) is 44.8 Å². The zero-order chi connectivity index (χ0) is 20.5. The van der Waals surface area contributed by atoms with Crippen LogP contribution in [0.2, 0.25) is 0 Å². The molecule has 2 aromatic carbocycles. The van der Waals surface area contributed by atoms with Gasteiger partial charge in [-0.3, -0.25) is 14.3 Å². The third-order valence-electron chi connectivity index (χ3n) is 4.51. The van der Waals surface area contributed by atoms with Gasteiger partial charge in [-0.05, 0) is 42.8 Å². The number of hydrogen-bond donors (Lipinski definition) is 2. The highest BCUT2D eigenvalue weighted by Gasteiger charge is 2.28. The van der Waals surface area contributed by atoms with Crippen molar-refractivity contribution in [2.45, 2.75) is 24.3 Å². The first-order valence-corrected chi connectivity index (χ1v) is 10.1. The summed E-state index contributed by atoms with van der Waals surface area (Å²) >= 11 is 0. The SMILES string of the molecule is Cc1ccc(S(=O)(=O)Nc2cccc(C(=O)NC3CC(=O)N(C)C3)c2)cc1F. The number of nitrogens with one attached hydrogen (secondary N) is 2. The molecule has 0 bridgehead atoms. The molecule has 1 saturated heterocycles. The van der Waals surface area contributed by atoms with Crippen LogP contribution < -0.4 is 10.0 Å². The number of rotatable bonds is 5. The number of carbonyl (C=O) groups is 2. The molecule has 1 heterocycles. The van der Waals surface area contributed by atoms with Gasteiger partial charge in [-0.25, -0.2) is 12.8 Å². The molecule has 148 valence electrons. The van der Waals surface area contributed by atoms with E-state index in [4.69, 9.17) is 0 Å². The maximum atomic E-state index is 13.7. The predicted octanol–water partition coefficient (Wildman–Crippen LogP) is 1.90. The van der Waals surface area contributed by atoms with Gasteiger partial charge in [0, 0.05) is 31.3 Å². The zero-order valence-corrected chi connectivity index (χ0v) is 16.2. The second-order valence-corrected chi connectivity index (χ2v) is 8.43. The number of sulfonamides is 1. The van der Waals surface area contributed by atoms with Gasteiger partial charge in [-0.15, -0.1) is 0 Å². The number of halogens is 1. The molecule has 3 rings (SSSR count). The van der Waals surface area contributed by atoms with Crippen molar-refractivity contribution in [1.29, 1.82) is 0 Å². The first-order valence-electron chi connectivity index (χ1n) is 8.59. The van der Waals surface area contributed by atoms with E-state index in [1.165, 1.54) is 42.2 Å². The highest BCUT2D eigenvalue weighted by molar-refractivity contribution is 7.92. The largest absolute Gasteiger partial charge is 0.347 e. The van der Waals surface area contributed by atoms with Gasteiger partial charge in [0.25, 0.3) is 15.9 Å². The summed E-state index contributed by atoms with van der Waals surface area (Å²) in [5.41, 5.74) is 0.763. The minimum Gasteiger partial charge on any atom is -0.347 e. The smallest absolute Gasteiger partial charge is 0.261 e. The number of hydrogen-bond acceptors (Lipinski definition) is 4. The Balaban J connectivity index is 1.74. The molecule has 28 heavy (non-hydrogen) atoms. The van der Waals surface area contributed by atoms with Crippen molar-refractivity contribution in [3.8, 4) is 0 Å². The monoisotopic (exact) mass is 405 g/mol. The fourth-order valence-electron chi connectivity index (χ4n) is 2.91. The van der Waals surface area contributed by atoms with Gasteiger partial charge in [0.2, 0.25) is 5.91 Å². The zero-order valence-electron chi connectivity index (χ0n) is 15.4. The third-order valence-corrected chi connectivity index (χ3v) is 5.89. The van der Waals surface area contributed by atoms with Crippen molar-refractivity contribution in [3.63, 3.8) is 0 Å². The summed E-state index contributed by atoms with van der Waals surface area (Å²) in [4.78, 5) is 25.3. The van der Waals surface area contributed by atoms with Crippen molar-refractivity contribution in [3.05, 3.63) is 59.4 Å². The van der Waals surface area contributed by atoms with Crippen molar-refractivity contribution in [1.82, 2.24) is 10.2 Å². The van der Waals surface area contributed by atoms with Crippen LogP contribution in [-0.2, 0) is 14.8 Å². The van der Waals surface area contributed by atoms with Gasteiger partial charge in [0.1, 0.15) is 5.82 Å². The molecule has 1 fully saturated rings. The molecule has 1 aliphatic rings. The first kappa shape index (κ1) is 19.8. The summed E-state index contributed by atoms with van der Waals surface area (Å²) in [5, 5.41) is 2.76. The summed E-state index contributed by atoms with van der Waals surface area (Å²) in [6.45, 7) is 1.97. The summed E-state index contributed by atoms with van der Waals surface area (Å²) in [7, 11) is -2.34. The summed E-state index contributed by atoms with van der Waals surface area (Å²) in [5.74, 6) is -1.07. The lowest BCUT2D eigenvalue weighted by Gasteiger charge is -2.13. The van der Waals surface area contributed by atoms with E-state index in [1.807, 2.05) is 0 Å². The summed E-state index contributed by atoms with van der Waals surface area (Å²) in [6, 6.07) is 9.30. The van der Waals surface area contributed by atoms with Crippen molar-refractivity contribution < 1.29 is 22.4 Å². The van der Waals surface area contributed by atoms with E-state index in [1.54, 1.807) is 13.1 Å². The van der Waals surface area contributed by atoms with Gasteiger partial charge in [-0.2, -0.15) is 0 Å². The molecule has 2 aromatic rings. The number of carbonyl (C=O) groups excluding carboxylic acids is 2. The van der Waals surface area contributed by atoms with Gasteiger partial charge in [0.15, 0.2) is 0 Å². The van der Waals surface area contributed by atoms with E-state index >= 15 is 0 Å². The van der Waals surface area contributed by atoms with Crippen LogP contribution in [0.25, 0.3) is 0 Å². The Bertz CT molecular complexity index is 1040. The van der Waals surface area contributed by atoms with E-state index in [0.29, 0.717) is 12.1 Å². The molecular weight excluding hydrogens is 385 g/mol. The van der Waals surface area contributed by atoms with Gasteiger partial charge in [0.05, 0.1) is 10.9 Å². The normalized spacial score (nSPS) is 16.9. The van der Waals surface area contributed by atoms with Crippen LogP contribution in [0.3, 0.4) is 0 Å². The molecule has 0 spiro atoms. The Morgan fingerprint density at radius 1 is 1.21 bits per heavy atom. The van der Waals surface area contributed by atoms with E-state index < -0.39 is 21.7 Å². The van der Waals surface area contributed by atoms with Crippen LogP contribution in [0, 0.1) is 12.7 Å². The number of aryl methyl sites for hydroxylation is 1. The lowest BCUT2D eigenvalue weighted by molar-refractivity contribution is -0.126. The fourth-order valence-corrected chi connectivity index (χ4v) is 3.97. The Morgan fingerprint density at radius 2 is 1.96 bits per heavy atom. The van der Waals surface area contributed by atoms with Crippen molar-refractivity contribution in [2.24, 2.45) is 0 Å². The van der Waals surface area contributed by atoms with Crippen LogP contribution in [0.5, 0.6) is 0 Å². The number of anilines is 1. The highest BCUT2D eigenvalue weighted by atomic mass is 32.2. The van der Waals surface area contributed by atoms with Crippen molar-refractivity contribution in [2.75, 3.05) is 18.3 Å². The average molecular weight is 405 g/mol. The number of nitrogens with zero attached hydrogens (tertiary/aromatic N) is 1. The second-order valence-electron chi connectivity index (χ2n) is 6.75. The molecule has 2 N–H and O–H groups in total. The molecule has 0 saturated carbocycles. The molecular formula is C19H20FN3O4S. The second kappa shape index (κ2) is 7.59. The van der Waals surface area contributed by atoms with Crippen LogP contribution in [0.4, 0.5) is 10.1 Å². The molecule has 1 unspecified atom stereocenters. The lowest BCUT2D eigenvalue weighted by Crippen LogP contribution is -2.36. The fraction of sp³-hybridized carbons (Fsp3) is 0.263. The Labute approximate surface area is 162 Å². The molecule has 1 aliphatic heterocycles.